The average molecular weight is 326 g/mol. The number of rotatable bonds is 4. The van der Waals surface area contributed by atoms with Crippen LogP contribution >= 0.6 is 27.7 Å². The quantitative estimate of drug-likeness (QED) is 0.933. The van der Waals surface area contributed by atoms with Gasteiger partial charge in [-0.15, -0.1) is 0 Å². The highest BCUT2D eigenvalue weighted by molar-refractivity contribution is 9.10. The van der Waals surface area contributed by atoms with Crippen LogP contribution in [0.3, 0.4) is 0 Å². The van der Waals surface area contributed by atoms with E-state index >= 15 is 0 Å². The van der Waals surface area contributed by atoms with Crippen molar-refractivity contribution in [2.24, 2.45) is 0 Å². The molecular weight excluding hydrogens is 314 g/mol. The number of nitrogens with zero attached hydrogens (tertiary/aromatic N) is 2. The van der Waals surface area contributed by atoms with Gasteiger partial charge in [-0.1, -0.05) is 0 Å². The van der Waals surface area contributed by atoms with E-state index in [2.05, 4.69) is 25.9 Å². The molecule has 0 aliphatic carbocycles. The molecule has 0 unspecified atom stereocenters. The summed E-state index contributed by atoms with van der Waals surface area (Å²) in [4.78, 5) is 8.63. The van der Waals surface area contributed by atoms with Crippen LogP contribution in [0.15, 0.2) is 45.0 Å². The molecule has 0 amide bonds. The number of nitrogen functional groups attached to an aromatic ring is 1. The van der Waals surface area contributed by atoms with E-state index in [1.165, 1.54) is 11.8 Å². The molecule has 0 fully saturated rings. The molecular formula is C12H12BrN3OS. The van der Waals surface area contributed by atoms with Gasteiger partial charge in [0.05, 0.1) is 16.8 Å². The molecule has 0 aromatic carbocycles. The zero-order chi connectivity index (χ0) is 13.0. The van der Waals surface area contributed by atoms with E-state index < -0.39 is 0 Å². The first kappa shape index (κ1) is 13.2. The van der Waals surface area contributed by atoms with E-state index in [4.69, 9.17) is 10.5 Å². The third-order valence-electron chi connectivity index (χ3n) is 2.07. The lowest BCUT2D eigenvalue weighted by Crippen LogP contribution is -2.00. The maximum Gasteiger partial charge on any atom is 0.238 e. The molecule has 0 atom stereocenters. The fourth-order valence-corrected chi connectivity index (χ4v) is 2.53. The van der Waals surface area contributed by atoms with Crippen LogP contribution in [0.25, 0.3) is 0 Å². The normalized spacial score (nSPS) is 10.3. The second-order valence-corrected chi connectivity index (χ2v) is 5.23. The number of hydrogen-bond donors (Lipinski definition) is 1. The lowest BCUT2D eigenvalue weighted by molar-refractivity contribution is 0.326. The van der Waals surface area contributed by atoms with Crippen LogP contribution in [0.2, 0.25) is 0 Å². The largest absolute Gasteiger partial charge is 0.476 e. The first-order valence-corrected chi connectivity index (χ1v) is 6.99. The van der Waals surface area contributed by atoms with Gasteiger partial charge in [0.25, 0.3) is 0 Å². The molecule has 6 heteroatoms. The molecule has 0 aliphatic rings. The maximum atomic E-state index is 5.78. The van der Waals surface area contributed by atoms with Gasteiger partial charge in [-0.25, -0.2) is 9.97 Å². The van der Waals surface area contributed by atoms with Crippen molar-refractivity contribution in [2.45, 2.75) is 17.0 Å². The fourth-order valence-electron chi connectivity index (χ4n) is 1.29. The van der Waals surface area contributed by atoms with Crippen LogP contribution < -0.4 is 10.5 Å². The van der Waals surface area contributed by atoms with Gasteiger partial charge in [-0.2, -0.15) is 0 Å². The van der Waals surface area contributed by atoms with Crippen molar-refractivity contribution >= 4 is 33.4 Å². The van der Waals surface area contributed by atoms with Crippen LogP contribution in [0.1, 0.15) is 6.92 Å². The molecule has 0 saturated carbocycles. The Hall–Kier alpha value is -1.27. The Labute approximate surface area is 118 Å². The Morgan fingerprint density at radius 1 is 1.39 bits per heavy atom. The van der Waals surface area contributed by atoms with Crippen molar-refractivity contribution in [2.75, 3.05) is 12.3 Å². The number of halogens is 1. The second-order valence-electron chi connectivity index (χ2n) is 3.37. The predicted octanol–water partition coefficient (Wildman–Crippen LogP) is 3.37. The number of nitrogens with two attached hydrogens (primary N) is 1. The molecule has 2 aromatic rings. The minimum absolute atomic E-state index is 0.467. The molecule has 2 aromatic heterocycles. The Morgan fingerprint density at radius 2 is 2.22 bits per heavy atom. The van der Waals surface area contributed by atoms with E-state index in [-0.39, 0.29) is 0 Å². The Kier molecular flexibility index (Phi) is 4.43. The summed E-state index contributed by atoms with van der Waals surface area (Å²) < 4.78 is 6.30. The number of anilines is 1. The predicted molar refractivity (Wildman–Crippen MR) is 75.9 cm³/mol. The van der Waals surface area contributed by atoms with Gasteiger partial charge in [-0.3, -0.25) is 0 Å². The van der Waals surface area contributed by atoms with Crippen LogP contribution in [0, 0.1) is 0 Å². The standard InChI is InChI=1S/C12H12BrN3OS/c1-2-17-11-9(14)5-6-10(16-11)18-12-8(13)4-3-7-15-12/h3-7H,2,14H2,1H3. The van der Waals surface area contributed by atoms with Crippen molar-refractivity contribution in [1.29, 1.82) is 0 Å². The lowest BCUT2D eigenvalue weighted by Gasteiger charge is -2.07. The summed E-state index contributed by atoms with van der Waals surface area (Å²) in [6.07, 6.45) is 1.74. The van der Waals surface area contributed by atoms with E-state index in [1.807, 2.05) is 25.1 Å². The highest BCUT2D eigenvalue weighted by Gasteiger charge is 2.08. The minimum atomic E-state index is 0.467. The summed E-state index contributed by atoms with van der Waals surface area (Å²) >= 11 is 4.91. The first-order chi connectivity index (χ1) is 8.70. The van der Waals surface area contributed by atoms with Gasteiger partial charge in [0.15, 0.2) is 0 Å². The van der Waals surface area contributed by atoms with E-state index in [0.717, 1.165) is 14.5 Å². The molecule has 0 spiro atoms. The molecule has 2 heterocycles. The van der Waals surface area contributed by atoms with Gasteiger partial charge in [0, 0.05) is 6.20 Å². The summed E-state index contributed by atoms with van der Waals surface area (Å²) in [5.74, 6) is 0.467. The second kappa shape index (κ2) is 6.06. The zero-order valence-electron chi connectivity index (χ0n) is 9.76. The van der Waals surface area contributed by atoms with Gasteiger partial charge in [-0.05, 0) is 58.9 Å². The Morgan fingerprint density at radius 3 is 2.94 bits per heavy atom. The molecule has 0 bridgehead atoms. The minimum Gasteiger partial charge on any atom is -0.476 e. The van der Waals surface area contributed by atoms with Gasteiger partial charge < -0.3 is 10.5 Å². The third-order valence-corrected chi connectivity index (χ3v) is 3.93. The SMILES string of the molecule is CCOc1nc(Sc2ncccc2Br)ccc1N. The van der Waals surface area contributed by atoms with Crippen molar-refractivity contribution in [1.82, 2.24) is 9.97 Å². The molecule has 0 radical (unpaired) electrons. The highest BCUT2D eigenvalue weighted by atomic mass is 79.9. The molecule has 2 rings (SSSR count). The highest BCUT2D eigenvalue weighted by Crippen LogP contribution is 2.32. The monoisotopic (exact) mass is 325 g/mol. The van der Waals surface area contributed by atoms with Gasteiger partial charge in [0.1, 0.15) is 10.1 Å². The van der Waals surface area contributed by atoms with E-state index in [1.54, 1.807) is 12.3 Å². The number of ether oxygens (including phenoxy) is 1. The average Bonchev–Trinajstić information content (AvgIpc) is 2.36. The molecule has 0 saturated heterocycles. The summed E-state index contributed by atoms with van der Waals surface area (Å²) in [7, 11) is 0. The van der Waals surface area contributed by atoms with Crippen LogP contribution in [-0.2, 0) is 0 Å². The number of pyridine rings is 2. The zero-order valence-corrected chi connectivity index (χ0v) is 12.2. The maximum absolute atomic E-state index is 5.78. The van der Waals surface area contributed by atoms with Crippen LogP contribution in [0.5, 0.6) is 5.88 Å². The summed E-state index contributed by atoms with van der Waals surface area (Å²) in [6.45, 7) is 2.44. The molecule has 0 aliphatic heterocycles. The van der Waals surface area contributed by atoms with Crippen molar-refractivity contribution in [3.63, 3.8) is 0 Å². The van der Waals surface area contributed by atoms with E-state index in [9.17, 15) is 0 Å². The van der Waals surface area contributed by atoms with Crippen molar-refractivity contribution in [3.05, 3.63) is 34.9 Å². The number of aromatic nitrogens is 2. The molecule has 4 nitrogen and oxygen atoms in total. The fraction of sp³-hybridized carbons (Fsp3) is 0.167. The van der Waals surface area contributed by atoms with Crippen molar-refractivity contribution < 1.29 is 4.74 Å². The lowest BCUT2D eigenvalue weighted by atomic mass is 10.4. The summed E-state index contributed by atoms with van der Waals surface area (Å²) in [6, 6.07) is 7.45. The smallest absolute Gasteiger partial charge is 0.238 e. The van der Waals surface area contributed by atoms with Crippen molar-refractivity contribution in [3.8, 4) is 5.88 Å². The van der Waals surface area contributed by atoms with E-state index in [0.29, 0.717) is 18.2 Å². The Bertz CT molecular complexity index is 551. The van der Waals surface area contributed by atoms with Gasteiger partial charge >= 0.3 is 0 Å². The summed E-state index contributed by atoms with van der Waals surface area (Å²) in [5.41, 5.74) is 6.32. The third kappa shape index (κ3) is 3.14. The first-order valence-electron chi connectivity index (χ1n) is 5.38. The van der Waals surface area contributed by atoms with Gasteiger partial charge in [0.2, 0.25) is 5.88 Å². The molecule has 94 valence electrons. The topological polar surface area (TPSA) is 61.0 Å². The Balaban J connectivity index is 2.24. The molecule has 2 N–H and O–H groups in total. The van der Waals surface area contributed by atoms with Crippen LogP contribution in [-0.4, -0.2) is 16.6 Å². The van der Waals surface area contributed by atoms with Crippen LogP contribution in [0.4, 0.5) is 5.69 Å². The molecule has 18 heavy (non-hydrogen) atoms. The summed E-state index contributed by atoms with van der Waals surface area (Å²) in [5, 5.41) is 1.66. The number of hydrogen-bond acceptors (Lipinski definition) is 5.